The smallest absolute Gasteiger partial charge is 0.0593 e. The number of rotatable bonds is 4. The summed E-state index contributed by atoms with van der Waals surface area (Å²) in [6.45, 7) is 14.3. The summed E-state index contributed by atoms with van der Waals surface area (Å²) >= 11 is 0. The molecule has 0 radical (unpaired) electrons. The van der Waals surface area contributed by atoms with Crippen LogP contribution in [0.25, 0.3) is 0 Å². The van der Waals surface area contributed by atoms with E-state index in [9.17, 15) is 0 Å². The van der Waals surface area contributed by atoms with E-state index in [-0.39, 0.29) is 0 Å². The quantitative estimate of drug-likeness (QED) is 0.571. The summed E-state index contributed by atoms with van der Waals surface area (Å²) in [6, 6.07) is 0. The highest BCUT2D eigenvalue weighted by molar-refractivity contribution is 7.75. The van der Waals surface area contributed by atoms with Crippen LogP contribution in [0.5, 0.6) is 0 Å². The lowest BCUT2D eigenvalue weighted by Crippen LogP contribution is -2.14. The highest BCUT2D eigenvalue weighted by Crippen LogP contribution is 2.60. The summed E-state index contributed by atoms with van der Waals surface area (Å²) in [5.41, 5.74) is 0.926. The Hall–Kier alpha value is 0.430. The van der Waals surface area contributed by atoms with Gasteiger partial charge in [-0.05, 0) is 26.7 Å². The summed E-state index contributed by atoms with van der Waals surface area (Å²) in [5.74, 6) is 0.885. The normalized spacial score (nSPS) is 17.5. The van der Waals surface area contributed by atoms with Crippen LogP contribution in [0.4, 0.5) is 0 Å². The number of hydrogen-bond acceptors (Lipinski definition) is 0. The Balaban J connectivity index is 4.10. The molecule has 0 aromatic rings. The van der Waals surface area contributed by atoms with Gasteiger partial charge in [0.25, 0.3) is 0 Å². The molecule has 11 heavy (non-hydrogen) atoms. The van der Waals surface area contributed by atoms with Crippen LogP contribution < -0.4 is 0 Å². The van der Waals surface area contributed by atoms with E-state index in [1.165, 1.54) is 12.3 Å². The summed E-state index contributed by atoms with van der Waals surface area (Å²) < 4.78 is 0. The Morgan fingerprint density at radius 3 is 1.64 bits per heavy atom. The molecule has 0 amide bonds. The van der Waals surface area contributed by atoms with Crippen LogP contribution in [-0.2, 0) is 0 Å². The Labute approximate surface area is 73.1 Å². The van der Waals surface area contributed by atoms with Crippen molar-refractivity contribution in [2.75, 3.05) is 19.0 Å². The molecule has 1 heteroatoms. The third-order valence-electron chi connectivity index (χ3n) is 2.75. The van der Waals surface area contributed by atoms with Gasteiger partial charge in [0.1, 0.15) is 0 Å². The van der Waals surface area contributed by atoms with E-state index in [0.717, 1.165) is 11.6 Å². The Bertz CT molecular complexity index is 107. The molecule has 0 aliphatic carbocycles. The monoisotopic (exact) mass is 175 g/mol. The first-order valence-electron chi connectivity index (χ1n) is 4.76. The van der Waals surface area contributed by atoms with Crippen molar-refractivity contribution < 1.29 is 0 Å². The van der Waals surface area contributed by atoms with Crippen LogP contribution in [0.3, 0.4) is 0 Å². The van der Waals surface area contributed by atoms with Gasteiger partial charge in [-0.3, -0.25) is 0 Å². The van der Waals surface area contributed by atoms with Gasteiger partial charge in [0.2, 0.25) is 0 Å². The third-order valence-corrected chi connectivity index (χ3v) is 8.25. The van der Waals surface area contributed by atoms with Crippen LogP contribution in [-0.4, -0.2) is 24.6 Å². The van der Waals surface area contributed by atoms with E-state index in [2.05, 4.69) is 41.3 Å². The van der Waals surface area contributed by atoms with Crippen LogP contribution in [0.1, 0.15) is 34.6 Å². The lowest BCUT2D eigenvalue weighted by molar-refractivity contribution is 0.735. The average molecular weight is 175 g/mol. The van der Waals surface area contributed by atoms with Gasteiger partial charge in [-0.25, -0.2) is 0 Å². The summed E-state index contributed by atoms with van der Waals surface area (Å²) in [4.78, 5) is 0. The van der Waals surface area contributed by atoms with E-state index in [1.54, 1.807) is 0 Å². The first kappa shape index (κ1) is 11.4. The molecule has 0 fully saturated rings. The SMILES string of the molecule is CC[P+](C)(CC(C)C)C(C)C. The standard InChI is InChI=1S/C10H24P/c1-7-11(6,10(4)5)8-9(2)3/h9-10H,7-8H2,1-6H3/q+1. The minimum atomic E-state index is -0.578. The predicted octanol–water partition coefficient (Wildman–Crippen LogP) is 3.72. The van der Waals surface area contributed by atoms with E-state index in [1.807, 2.05) is 0 Å². The van der Waals surface area contributed by atoms with Crippen molar-refractivity contribution in [3.05, 3.63) is 0 Å². The Morgan fingerprint density at radius 2 is 1.55 bits per heavy atom. The summed E-state index contributed by atoms with van der Waals surface area (Å²) in [7, 11) is -0.578. The molecule has 1 atom stereocenters. The second-order valence-electron chi connectivity index (χ2n) is 4.47. The maximum absolute atomic E-state index is 2.53. The van der Waals surface area contributed by atoms with Crippen LogP contribution in [0.2, 0.25) is 0 Å². The van der Waals surface area contributed by atoms with Crippen molar-refractivity contribution in [1.82, 2.24) is 0 Å². The van der Waals surface area contributed by atoms with Gasteiger partial charge in [-0.15, -0.1) is 0 Å². The first-order valence-corrected chi connectivity index (χ1v) is 7.44. The fourth-order valence-corrected chi connectivity index (χ4v) is 4.62. The second-order valence-corrected chi connectivity index (χ2v) is 9.46. The average Bonchev–Trinajstić information content (AvgIpc) is 1.86. The lowest BCUT2D eigenvalue weighted by Gasteiger charge is -2.27. The molecule has 1 unspecified atom stereocenters. The molecule has 0 aromatic carbocycles. The Kier molecular flexibility index (Phi) is 4.63. The highest BCUT2D eigenvalue weighted by atomic mass is 31.2. The van der Waals surface area contributed by atoms with Crippen molar-refractivity contribution in [3.8, 4) is 0 Å². The molecule has 0 aliphatic heterocycles. The zero-order valence-corrected chi connectivity index (χ0v) is 9.91. The van der Waals surface area contributed by atoms with Crippen LogP contribution >= 0.6 is 7.26 Å². The van der Waals surface area contributed by atoms with Crippen molar-refractivity contribution in [2.24, 2.45) is 5.92 Å². The second kappa shape index (κ2) is 4.45. The molecule has 0 aliphatic rings. The van der Waals surface area contributed by atoms with Crippen molar-refractivity contribution in [2.45, 2.75) is 40.3 Å². The maximum atomic E-state index is 2.53. The van der Waals surface area contributed by atoms with Crippen molar-refractivity contribution >= 4 is 7.26 Å². The molecule has 0 saturated carbocycles. The summed E-state index contributed by atoms with van der Waals surface area (Å²) in [5, 5.41) is 0. The lowest BCUT2D eigenvalue weighted by atomic mass is 10.3. The van der Waals surface area contributed by atoms with E-state index in [0.29, 0.717) is 0 Å². The topological polar surface area (TPSA) is 0 Å². The van der Waals surface area contributed by atoms with Crippen LogP contribution in [0.15, 0.2) is 0 Å². The largest absolute Gasteiger partial charge is 0.0638 e. The van der Waals surface area contributed by atoms with Gasteiger partial charge in [-0.2, -0.15) is 0 Å². The number of hydrogen-bond donors (Lipinski definition) is 0. The molecule has 0 nitrogen and oxygen atoms in total. The predicted molar refractivity (Wildman–Crippen MR) is 58.2 cm³/mol. The van der Waals surface area contributed by atoms with Gasteiger partial charge >= 0.3 is 0 Å². The molecule has 0 saturated heterocycles. The molecule has 0 rings (SSSR count). The zero-order valence-electron chi connectivity index (χ0n) is 9.02. The third kappa shape index (κ3) is 3.56. The maximum Gasteiger partial charge on any atom is 0.0638 e. The minimum Gasteiger partial charge on any atom is -0.0593 e. The van der Waals surface area contributed by atoms with Gasteiger partial charge in [0.15, 0.2) is 0 Å². The molecular formula is C10H24P+. The minimum absolute atomic E-state index is 0.578. The molecule has 68 valence electrons. The fraction of sp³-hybridized carbons (Fsp3) is 1.00. The van der Waals surface area contributed by atoms with Crippen molar-refractivity contribution in [3.63, 3.8) is 0 Å². The van der Waals surface area contributed by atoms with Gasteiger partial charge < -0.3 is 0 Å². The molecule has 0 spiro atoms. The van der Waals surface area contributed by atoms with Gasteiger partial charge in [0, 0.05) is 13.9 Å². The molecule has 0 aromatic heterocycles. The summed E-state index contributed by atoms with van der Waals surface area (Å²) in [6.07, 6.45) is 2.89. The fourth-order valence-electron chi connectivity index (χ4n) is 1.54. The molecule has 0 N–H and O–H groups in total. The van der Waals surface area contributed by atoms with Gasteiger partial charge in [0.05, 0.1) is 18.0 Å². The van der Waals surface area contributed by atoms with E-state index < -0.39 is 7.26 Å². The van der Waals surface area contributed by atoms with Crippen LogP contribution in [0, 0.1) is 5.92 Å². The first-order chi connectivity index (χ1) is 4.92. The Morgan fingerprint density at radius 1 is 1.09 bits per heavy atom. The molecule has 0 bridgehead atoms. The van der Waals surface area contributed by atoms with E-state index in [4.69, 9.17) is 0 Å². The molecular weight excluding hydrogens is 151 g/mol. The zero-order chi connectivity index (χ0) is 9.07. The van der Waals surface area contributed by atoms with Crippen molar-refractivity contribution in [1.29, 1.82) is 0 Å². The molecule has 0 heterocycles. The van der Waals surface area contributed by atoms with Gasteiger partial charge in [-0.1, -0.05) is 13.8 Å². The highest BCUT2D eigenvalue weighted by Gasteiger charge is 2.33. The van der Waals surface area contributed by atoms with E-state index >= 15 is 0 Å².